The van der Waals surface area contributed by atoms with Crippen molar-refractivity contribution >= 4 is 29.3 Å². The van der Waals surface area contributed by atoms with Crippen LogP contribution in [0, 0.1) is 6.92 Å². The standard InChI is InChI=1S/C18H15NO3S/c1-12-6-2-3-7-13(12)11-19-14-8-4-5-9-15(14)23-16(18(19)22)10-17(20)21/h2-10H,11H2,1H3,(H,20,21)/b16-10-. The van der Waals surface area contributed by atoms with E-state index in [1.165, 1.54) is 11.8 Å². The number of carbonyl (C=O) groups is 2. The van der Waals surface area contributed by atoms with Crippen molar-refractivity contribution in [3.8, 4) is 0 Å². The fourth-order valence-electron chi connectivity index (χ4n) is 2.49. The van der Waals surface area contributed by atoms with Crippen LogP contribution in [0.2, 0.25) is 0 Å². The highest BCUT2D eigenvalue weighted by atomic mass is 32.2. The summed E-state index contributed by atoms with van der Waals surface area (Å²) in [6.45, 7) is 2.42. The molecule has 0 atom stereocenters. The maximum atomic E-state index is 12.7. The van der Waals surface area contributed by atoms with E-state index in [1.807, 2.05) is 55.5 Å². The lowest BCUT2D eigenvalue weighted by molar-refractivity contribution is -0.131. The Morgan fingerprint density at radius 2 is 1.87 bits per heavy atom. The average molecular weight is 325 g/mol. The highest BCUT2D eigenvalue weighted by Gasteiger charge is 2.29. The first-order chi connectivity index (χ1) is 11.1. The molecule has 2 aromatic rings. The number of nitrogens with zero attached hydrogens (tertiary/aromatic N) is 1. The number of anilines is 1. The number of hydrogen-bond acceptors (Lipinski definition) is 3. The number of aliphatic carboxylic acids is 1. The monoisotopic (exact) mass is 325 g/mol. The van der Waals surface area contributed by atoms with Gasteiger partial charge in [0.2, 0.25) is 0 Å². The van der Waals surface area contributed by atoms with E-state index in [1.54, 1.807) is 4.90 Å². The fraction of sp³-hybridized carbons (Fsp3) is 0.111. The molecule has 0 unspecified atom stereocenters. The molecule has 1 aliphatic heterocycles. The molecule has 0 radical (unpaired) electrons. The Labute approximate surface area is 138 Å². The molecule has 3 rings (SSSR count). The first kappa shape index (κ1) is 15.4. The minimum atomic E-state index is -1.11. The van der Waals surface area contributed by atoms with Gasteiger partial charge in [0.15, 0.2) is 0 Å². The third-order valence-corrected chi connectivity index (χ3v) is 4.75. The van der Waals surface area contributed by atoms with Crippen molar-refractivity contribution in [2.45, 2.75) is 18.4 Å². The molecule has 0 fully saturated rings. The van der Waals surface area contributed by atoms with Crippen LogP contribution in [0.15, 0.2) is 64.4 Å². The molecule has 0 aromatic heterocycles. The molecule has 23 heavy (non-hydrogen) atoms. The smallest absolute Gasteiger partial charge is 0.329 e. The van der Waals surface area contributed by atoms with Gasteiger partial charge in [0.05, 0.1) is 17.1 Å². The Kier molecular flexibility index (Phi) is 4.21. The zero-order valence-corrected chi connectivity index (χ0v) is 13.3. The van der Waals surface area contributed by atoms with Gasteiger partial charge in [-0.05, 0) is 30.2 Å². The molecule has 0 saturated heterocycles. The summed E-state index contributed by atoms with van der Waals surface area (Å²) in [5, 5.41) is 8.99. The minimum Gasteiger partial charge on any atom is -0.478 e. The highest BCUT2D eigenvalue weighted by Crippen LogP contribution is 2.41. The molecule has 0 aliphatic carbocycles. The number of amides is 1. The predicted molar refractivity (Wildman–Crippen MR) is 90.4 cm³/mol. The van der Waals surface area contributed by atoms with Crippen molar-refractivity contribution in [3.05, 3.63) is 70.6 Å². The second-order valence-electron chi connectivity index (χ2n) is 5.23. The number of thioether (sulfide) groups is 1. The molecule has 2 aromatic carbocycles. The van der Waals surface area contributed by atoms with E-state index in [9.17, 15) is 9.59 Å². The molecule has 4 nitrogen and oxygen atoms in total. The first-order valence-corrected chi connectivity index (χ1v) is 7.96. The molecular formula is C18H15NO3S. The van der Waals surface area contributed by atoms with Crippen LogP contribution in [-0.2, 0) is 16.1 Å². The Morgan fingerprint density at radius 3 is 2.61 bits per heavy atom. The van der Waals surface area contributed by atoms with E-state index < -0.39 is 5.97 Å². The highest BCUT2D eigenvalue weighted by molar-refractivity contribution is 8.04. The summed E-state index contributed by atoms with van der Waals surface area (Å²) in [5.74, 6) is -1.39. The van der Waals surface area contributed by atoms with Gasteiger partial charge in [0.1, 0.15) is 0 Å². The van der Waals surface area contributed by atoms with Crippen molar-refractivity contribution in [2.24, 2.45) is 0 Å². The molecule has 1 heterocycles. The van der Waals surface area contributed by atoms with Gasteiger partial charge in [-0.1, -0.05) is 48.2 Å². The normalized spacial score (nSPS) is 15.6. The SMILES string of the molecule is Cc1ccccc1CN1C(=O)/C(=C/C(=O)O)Sc2ccccc21. The van der Waals surface area contributed by atoms with Crippen LogP contribution in [0.4, 0.5) is 5.69 Å². The van der Waals surface area contributed by atoms with Gasteiger partial charge in [0.25, 0.3) is 5.91 Å². The van der Waals surface area contributed by atoms with Crippen molar-refractivity contribution in [3.63, 3.8) is 0 Å². The van der Waals surface area contributed by atoms with Crippen molar-refractivity contribution in [1.29, 1.82) is 0 Å². The molecule has 1 amide bonds. The van der Waals surface area contributed by atoms with Crippen LogP contribution in [-0.4, -0.2) is 17.0 Å². The molecule has 0 bridgehead atoms. The van der Waals surface area contributed by atoms with Gasteiger partial charge in [-0.25, -0.2) is 4.79 Å². The number of fused-ring (bicyclic) bond motifs is 1. The van der Waals surface area contributed by atoms with Crippen molar-refractivity contribution in [1.82, 2.24) is 0 Å². The molecule has 116 valence electrons. The summed E-state index contributed by atoms with van der Waals surface area (Å²) in [5.41, 5.74) is 2.95. The third kappa shape index (κ3) is 3.14. The molecular weight excluding hydrogens is 310 g/mol. The van der Waals surface area contributed by atoms with Crippen molar-refractivity contribution in [2.75, 3.05) is 4.90 Å². The number of hydrogen-bond donors (Lipinski definition) is 1. The van der Waals surface area contributed by atoms with E-state index >= 15 is 0 Å². The molecule has 5 heteroatoms. The van der Waals surface area contributed by atoms with Crippen LogP contribution in [0.3, 0.4) is 0 Å². The Hall–Kier alpha value is -2.53. The average Bonchev–Trinajstić information content (AvgIpc) is 2.52. The summed E-state index contributed by atoms with van der Waals surface area (Å²) < 4.78 is 0. The lowest BCUT2D eigenvalue weighted by Crippen LogP contribution is -2.34. The summed E-state index contributed by atoms with van der Waals surface area (Å²) in [6, 6.07) is 15.4. The van der Waals surface area contributed by atoms with Gasteiger partial charge >= 0.3 is 5.97 Å². The Bertz CT molecular complexity index is 813. The maximum absolute atomic E-state index is 12.7. The van der Waals surface area contributed by atoms with Crippen LogP contribution in [0.5, 0.6) is 0 Å². The van der Waals surface area contributed by atoms with Gasteiger partial charge in [-0.3, -0.25) is 4.79 Å². The number of rotatable bonds is 3. The van der Waals surface area contributed by atoms with Gasteiger partial charge in [0, 0.05) is 11.0 Å². The number of carboxylic acids is 1. The largest absolute Gasteiger partial charge is 0.478 e. The summed E-state index contributed by atoms with van der Waals surface area (Å²) in [7, 11) is 0. The van der Waals surface area contributed by atoms with Crippen LogP contribution >= 0.6 is 11.8 Å². The molecule has 0 spiro atoms. The van der Waals surface area contributed by atoms with Crippen LogP contribution in [0.25, 0.3) is 0 Å². The summed E-state index contributed by atoms with van der Waals surface area (Å²) in [4.78, 5) is 26.4. The van der Waals surface area contributed by atoms with E-state index in [0.29, 0.717) is 6.54 Å². The number of para-hydroxylation sites is 1. The molecule has 1 N–H and O–H groups in total. The second kappa shape index (κ2) is 6.30. The lowest BCUT2D eigenvalue weighted by atomic mass is 10.1. The van der Waals surface area contributed by atoms with Crippen LogP contribution < -0.4 is 4.90 Å². The Balaban J connectivity index is 2.04. The van der Waals surface area contributed by atoms with Gasteiger partial charge in [-0.15, -0.1) is 0 Å². The maximum Gasteiger partial charge on any atom is 0.329 e. The lowest BCUT2D eigenvalue weighted by Gasteiger charge is -2.30. The predicted octanol–water partition coefficient (Wildman–Crippen LogP) is 3.60. The minimum absolute atomic E-state index is 0.227. The van der Waals surface area contributed by atoms with E-state index in [4.69, 9.17) is 5.11 Å². The number of carboxylic acid groups (broad SMARTS) is 1. The van der Waals surface area contributed by atoms with Crippen LogP contribution in [0.1, 0.15) is 11.1 Å². The van der Waals surface area contributed by atoms with Gasteiger partial charge < -0.3 is 10.0 Å². The Morgan fingerprint density at radius 1 is 1.17 bits per heavy atom. The fourth-order valence-corrected chi connectivity index (χ4v) is 3.51. The van der Waals surface area contributed by atoms with Crippen molar-refractivity contribution < 1.29 is 14.7 Å². The number of benzene rings is 2. The van der Waals surface area contributed by atoms with Gasteiger partial charge in [-0.2, -0.15) is 0 Å². The van der Waals surface area contributed by atoms with E-state index in [-0.39, 0.29) is 10.8 Å². The van der Waals surface area contributed by atoms with E-state index in [0.717, 1.165) is 27.8 Å². The zero-order chi connectivity index (χ0) is 16.4. The number of carbonyl (C=O) groups excluding carboxylic acids is 1. The second-order valence-corrected chi connectivity index (χ2v) is 6.32. The molecule has 1 aliphatic rings. The third-order valence-electron chi connectivity index (χ3n) is 3.68. The topological polar surface area (TPSA) is 57.6 Å². The van der Waals surface area contributed by atoms with E-state index in [2.05, 4.69) is 0 Å². The molecule has 0 saturated carbocycles. The summed E-state index contributed by atoms with van der Waals surface area (Å²) >= 11 is 1.20. The zero-order valence-electron chi connectivity index (χ0n) is 12.5. The quantitative estimate of drug-likeness (QED) is 0.876. The number of aryl methyl sites for hydroxylation is 1. The first-order valence-electron chi connectivity index (χ1n) is 7.14. The summed E-state index contributed by atoms with van der Waals surface area (Å²) in [6.07, 6.45) is 0.980.